The summed E-state index contributed by atoms with van der Waals surface area (Å²) in [5.74, 6) is 3.45. The summed E-state index contributed by atoms with van der Waals surface area (Å²) in [6.07, 6.45) is 1.55. The number of nitrogens with zero attached hydrogens (tertiary/aromatic N) is 1. The van der Waals surface area contributed by atoms with Gasteiger partial charge in [-0.25, -0.2) is 14.2 Å². The second-order valence-electron chi connectivity index (χ2n) is 4.06. The third-order valence-corrected chi connectivity index (χ3v) is 3.19. The van der Waals surface area contributed by atoms with Crippen LogP contribution in [0, 0.1) is 18.6 Å². The Balaban J connectivity index is 2.61. The summed E-state index contributed by atoms with van der Waals surface area (Å²) in [5, 5.41) is 0.0897. The van der Waals surface area contributed by atoms with Gasteiger partial charge in [-0.1, -0.05) is 17.7 Å². The predicted octanol–water partition coefficient (Wildman–Crippen LogP) is 2.87. The first-order valence-electron chi connectivity index (χ1n) is 5.57. The number of nitrogens with two attached hydrogens (primary N) is 1. The van der Waals surface area contributed by atoms with E-state index in [4.69, 9.17) is 17.4 Å². The van der Waals surface area contributed by atoms with E-state index in [0.29, 0.717) is 5.69 Å². The average molecular weight is 284 g/mol. The molecule has 0 spiro atoms. The van der Waals surface area contributed by atoms with Crippen LogP contribution < -0.4 is 11.3 Å². The van der Waals surface area contributed by atoms with Gasteiger partial charge < -0.3 is 0 Å². The van der Waals surface area contributed by atoms with Gasteiger partial charge in [-0.2, -0.15) is 0 Å². The molecule has 0 saturated heterocycles. The number of hydrazine groups is 1. The first-order chi connectivity index (χ1) is 9.06. The highest BCUT2D eigenvalue weighted by Gasteiger charge is 2.24. The molecule has 0 radical (unpaired) electrons. The summed E-state index contributed by atoms with van der Waals surface area (Å²) in [7, 11) is 0. The molecule has 100 valence electrons. The Bertz CT molecular complexity index is 604. The Morgan fingerprint density at radius 1 is 1.32 bits per heavy atom. The second kappa shape index (κ2) is 5.61. The van der Waals surface area contributed by atoms with Crippen LogP contribution in [0.4, 0.5) is 8.78 Å². The zero-order valence-corrected chi connectivity index (χ0v) is 10.9. The molecule has 1 atom stereocenters. The van der Waals surface area contributed by atoms with Gasteiger partial charge in [-0.05, 0) is 30.7 Å². The highest BCUT2D eigenvalue weighted by molar-refractivity contribution is 6.31. The molecular weight excluding hydrogens is 272 g/mol. The average Bonchev–Trinajstić information content (AvgIpc) is 2.40. The molecule has 0 fully saturated rings. The number of aromatic nitrogens is 1. The van der Waals surface area contributed by atoms with E-state index in [9.17, 15) is 8.78 Å². The number of aryl methyl sites for hydroxylation is 1. The van der Waals surface area contributed by atoms with Crippen LogP contribution >= 0.6 is 11.6 Å². The Morgan fingerprint density at radius 3 is 2.68 bits per heavy atom. The zero-order valence-electron chi connectivity index (χ0n) is 10.1. The number of nitrogens with one attached hydrogen (secondary N) is 1. The maximum Gasteiger partial charge on any atom is 0.165 e. The quantitative estimate of drug-likeness (QED) is 0.517. The van der Waals surface area contributed by atoms with Crippen molar-refractivity contribution in [1.29, 1.82) is 0 Å². The van der Waals surface area contributed by atoms with Crippen molar-refractivity contribution >= 4 is 11.6 Å². The molecule has 3 nitrogen and oxygen atoms in total. The van der Waals surface area contributed by atoms with Gasteiger partial charge in [0.1, 0.15) is 0 Å². The van der Waals surface area contributed by atoms with Crippen molar-refractivity contribution in [2.45, 2.75) is 13.0 Å². The van der Waals surface area contributed by atoms with E-state index in [1.165, 1.54) is 6.07 Å². The van der Waals surface area contributed by atoms with E-state index in [0.717, 1.165) is 11.6 Å². The minimum atomic E-state index is -1.03. The van der Waals surface area contributed by atoms with E-state index in [2.05, 4.69) is 10.4 Å². The number of rotatable bonds is 3. The number of hydrogen-bond donors (Lipinski definition) is 2. The molecule has 1 unspecified atom stereocenters. The summed E-state index contributed by atoms with van der Waals surface area (Å²) < 4.78 is 27.3. The molecule has 1 heterocycles. The van der Waals surface area contributed by atoms with E-state index in [1.807, 2.05) is 0 Å². The number of halogens is 3. The standard InChI is InChI=1S/C13H12ClF2N3/c1-7-3-2-6-18-12(7)13(19-17)10-8(14)4-5-9(15)11(10)16/h2-6,13,19H,17H2,1H3. The van der Waals surface area contributed by atoms with Crippen LogP contribution in [-0.4, -0.2) is 4.98 Å². The SMILES string of the molecule is Cc1cccnc1C(NN)c1c(Cl)ccc(F)c1F. The van der Waals surface area contributed by atoms with Crippen LogP contribution in [0.1, 0.15) is 22.9 Å². The lowest BCUT2D eigenvalue weighted by molar-refractivity contribution is 0.480. The monoisotopic (exact) mass is 283 g/mol. The lowest BCUT2D eigenvalue weighted by atomic mass is 9.99. The van der Waals surface area contributed by atoms with Crippen molar-refractivity contribution in [3.05, 3.63) is 63.9 Å². The molecule has 0 aliphatic carbocycles. The van der Waals surface area contributed by atoms with Gasteiger partial charge >= 0.3 is 0 Å². The smallest absolute Gasteiger partial charge is 0.165 e. The topological polar surface area (TPSA) is 50.9 Å². The molecule has 6 heteroatoms. The molecule has 1 aromatic carbocycles. The van der Waals surface area contributed by atoms with Crippen LogP contribution in [0.25, 0.3) is 0 Å². The summed E-state index contributed by atoms with van der Waals surface area (Å²) >= 11 is 5.95. The van der Waals surface area contributed by atoms with Crippen LogP contribution in [0.3, 0.4) is 0 Å². The largest absolute Gasteiger partial charge is 0.271 e. The second-order valence-corrected chi connectivity index (χ2v) is 4.47. The molecule has 2 rings (SSSR count). The zero-order chi connectivity index (χ0) is 14.0. The lowest BCUT2D eigenvalue weighted by Gasteiger charge is -2.19. The molecule has 0 saturated carbocycles. The maximum absolute atomic E-state index is 13.9. The molecular formula is C13H12ClF2N3. The summed E-state index contributed by atoms with van der Waals surface area (Å²) in [6, 6.07) is 5.00. The van der Waals surface area contributed by atoms with E-state index >= 15 is 0 Å². The highest BCUT2D eigenvalue weighted by Crippen LogP contribution is 2.31. The van der Waals surface area contributed by atoms with Crippen molar-refractivity contribution in [3.63, 3.8) is 0 Å². The molecule has 2 aromatic rings. The van der Waals surface area contributed by atoms with Crippen molar-refractivity contribution < 1.29 is 8.78 Å². The fourth-order valence-corrected chi connectivity index (χ4v) is 2.16. The van der Waals surface area contributed by atoms with Gasteiger partial charge in [-0.15, -0.1) is 0 Å². The summed E-state index contributed by atoms with van der Waals surface area (Å²) in [5.41, 5.74) is 3.67. The minimum absolute atomic E-state index is 0.0500. The van der Waals surface area contributed by atoms with Gasteiger partial charge in [-0.3, -0.25) is 10.8 Å². The normalized spacial score (nSPS) is 12.5. The molecule has 0 aliphatic rings. The number of pyridine rings is 1. The number of benzene rings is 1. The lowest BCUT2D eigenvalue weighted by Crippen LogP contribution is -2.31. The predicted molar refractivity (Wildman–Crippen MR) is 69.5 cm³/mol. The van der Waals surface area contributed by atoms with Gasteiger partial charge in [0.25, 0.3) is 0 Å². The summed E-state index contributed by atoms with van der Waals surface area (Å²) in [4.78, 5) is 4.15. The first-order valence-corrected chi connectivity index (χ1v) is 5.95. The fraction of sp³-hybridized carbons (Fsp3) is 0.154. The third-order valence-electron chi connectivity index (χ3n) is 2.86. The van der Waals surface area contributed by atoms with Crippen LogP contribution in [0.2, 0.25) is 5.02 Å². The number of hydrogen-bond acceptors (Lipinski definition) is 3. The van der Waals surface area contributed by atoms with E-state index < -0.39 is 17.7 Å². The Kier molecular flexibility index (Phi) is 4.09. The van der Waals surface area contributed by atoms with E-state index in [-0.39, 0.29) is 10.6 Å². The summed E-state index contributed by atoms with van der Waals surface area (Å²) in [6.45, 7) is 1.80. The van der Waals surface area contributed by atoms with Gasteiger partial charge in [0.2, 0.25) is 0 Å². The van der Waals surface area contributed by atoms with Crippen molar-refractivity contribution in [2.75, 3.05) is 0 Å². The highest BCUT2D eigenvalue weighted by atomic mass is 35.5. The Morgan fingerprint density at radius 2 is 2.05 bits per heavy atom. The van der Waals surface area contributed by atoms with Crippen LogP contribution in [-0.2, 0) is 0 Å². The van der Waals surface area contributed by atoms with E-state index in [1.54, 1.807) is 25.3 Å². The van der Waals surface area contributed by atoms with Gasteiger partial charge in [0.15, 0.2) is 11.6 Å². The third kappa shape index (κ3) is 2.58. The molecule has 0 amide bonds. The minimum Gasteiger partial charge on any atom is -0.271 e. The van der Waals surface area contributed by atoms with Crippen LogP contribution in [0.5, 0.6) is 0 Å². The van der Waals surface area contributed by atoms with Crippen molar-refractivity contribution in [1.82, 2.24) is 10.4 Å². The van der Waals surface area contributed by atoms with Crippen LogP contribution in [0.15, 0.2) is 30.5 Å². The Labute approximate surface area is 114 Å². The first kappa shape index (κ1) is 13.9. The Hall–Kier alpha value is -1.56. The van der Waals surface area contributed by atoms with Gasteiger partial charge in [0, 0.05) is 16.8 Å². The fourth-order valence-electron chi connectivity index (χ4n) is 1.91. The van der Waals surface area contributed by atoms with Crippen molar-refractivity contribution in [3.8, 4) is 0 Å². The molecule has 0 bridgehead atoms. The molecule has 1 aromatic heterocycles. The van der Waals surface area contributed by atoms with Gasteiger partial charge in [0.05, 0.1) is 11.7 Å². The molecule has 0 aliphatic heterocycles. The molecule has 3 N–H and O–H groups in total. The maximum atomic E-state index is 13.9. The van der Waals surface area contributed by atoms with Crippen molar-refractivity contribution in [2.24, 2.45) is 5.84 Å². The molecule has 19 heavy (non-hydrogen) atoms.